The molecule has 2 aromatic rings. The second-order valence-corrected chi connectivity index (χ2v) is 6.26. The van der Waals surface area contributed by atoms with E-state index in [0.717, 1.165) is 17.5 Å². The maximum Gasteiger partial charge on any atom is 0.338 e. The van der Waals surface area contributed by atoms with Crippen molar-refractivity contribution in [1.82, 2.24) is 5.32 Å². The van der Waals surface area contributed by atoms with Gasteiger partial charge in [0.25, 0.3) is 5.91 Å². The van der Waals surface area contributed by atoms with Crippen molar-refractivity contribution in [2.24, 2.45) is 0 Å². The summed E-state index contributed by atoms with van der Waals surface area (Å²) in [6.07, 6.45) is 0.911. The fourth-order valence-electron chi connectivity index (χ4n) is 2.49. The fourth-order valence-corrected chi connectivity index (χ4v) is 2.49. The molecule has 1 N–H and O–H groups in total. The number of aryl methyl sites for hydroxylation is 3. The van der Waals surface area contributed by atoms with E-state index in [0.29, 0.717) is 5.56 Å². The van der Waals surface area contributed by atoms with Gasteiger partial charge in [0.05, 0.1) is 11.6 Å². The third kappa shape index (κ3) is 5.18. The van der Waals surface area contributed by atoms with Crippen LogP contribution in [0, 0.1) is 13.8 Å². The molecule has 0 aliphatic carbocycles. The van der Waals surface area contributed by atoms with Crippen molar-refractivity contribution in [2.75, 3.05) is 6.61 Å². The van der Waals surface area contributed by atoms with Crippen LogP contribution in [0.15, 0.2) is 42.5 Å². The SMILES string of the molecule is CCc1ccc(C(=O)OCC(=O)N[C@H](C)c2ccc(C)c(C)c2)cc1. The van der Waals surface area contributed by atoms with Gasteiger partial charge in [0, 0.05) is 0 Å². The van der Waals surface area contributed by atoms with Gasteiger partial charge in [-0.2, -0.15) is 0 Å². The van der Waals surface area contributed by atoms with Gasteiger partial charge < -0.3 is 10.1 Å². The number of hydrogen-bond acceptors (Lipinski definition) is 3. The molecule has 0 heterocycles. The molecule has 0 aromatic heterocycles. The Morgan fingerprint density at radius 2 is 1.72 bits per heavy atom. The predicted molar refractivity (Wildman–Crippen MR) is 98.6 cm³/mol. The number of ether oxygens (including phenoxy) is 1. The first kappa shape index (κ1) is 18.7. The van der Waals surface area contributed by atoms with Crippen LogP contribution < -0.4 is 5.32 Å². The minimum absolute atomic E-state index is 0.144. The zero-order valence-corrected chi connectivity index (χ0v) is 15.3. The molecule has 0 fully saturated rings. The highest BCUT2D eigenvalue weighted by Crippen LogP contribution is 2.16. The third-order valence-electron chi connectivity index (χ3n) is 4.34. The molecule has 0 unspecified atom stereocenters. The third-order valence-corrected chi connectivity index (χ3v) is 4.34. The van der Waals surface area contributed by atoms with Gasteiger partial charge in [0.1, 0.15) is 0 Å². The van der Waals surface area contributed by atoms with E-state index in [1.54, 1.807) is 12.1 Å². The molecule has 0 saturated carbocycles. The van der Waals surface area contributed by atoms with E-state index in [1.807, 2.05) is 45.0 Å². The maximum atomic E-state index is 12.0. The normalized spacial score (nSPS) is 11.7. The van der Waals surface area contributed by atoms with Crippen LogP contribution in [0.25, 0.3) is 0 Å². The fraction of sp³-hybridized carbons (Fsp3) is 0.333. The Hall–Kier alpha value is -2.62. The van der Waals surface area contributed by atoms with Crippen molar-refractivity contribution in [3.63, 3.8) is 0 Å². The summed E-state index contributed by atoms with van der Waals surface area (Å²) in [6, 6.07) is 13.2. The maximum absolute atomic E-state index is 12.0. The number of rotatable bonds is 6. The van der Waals surface area contributed by atoms with Gasteiger partial charge >= 0.3 is 5.97 Å². The lowest BCUT2D eigenvalue weighted by atomic mass is 10.0. The van der Waals surface area contributed by atoms with E-state index in [2.05, 4.69) is 18.3 Å². The molecule has 2 rings (SSSR count). The lowest BCUT2D eigenvalue weighted by Crippen LogP contribution is -2.31. The second kappa shape index (κ2) is 8.47. The largest absolute Gasteiger partial charge is 0.452 e. The van der Waals surface area contributed by atoms with Crippen molar-refractivity contribution in [1.29, 1.82) is 0 Å². The monoisotopic (exact) mass is 339 g/mol. The topological polar surface area (TPSA) is 55.4 Å². The summed E-state index contributed by atoms with van der Waals surface area (Å²) >= 11 is 0. The quantitative estimate of drug-likeness (QED) is 0.812. The average molecular weight is 339 g/mol. The summed E-state index contributed by atoms with van der Waals surface area (Å²) in [5.74, 6) is -0.805. The van der Waals surface area contributed by atoms with Crippen LogP contribution in [-0.4, -0.2) is 18.5 Å². The van der Waals surface area contributed by atoms with Gasteiger partial charge in [0.2, 0.25) is 0 Å². The Morgan fingerprint density at radius 1 is 1.04 bits per heavy atom. The lowest BCUT2D eigenvalue weighted by molar-refractivity contribution is -0.124. The molecule has 0 aliphatic heterocycles. The van der Waals surface area contributed by atoms with E-state index in [-0.39, 0.29) is 18.6 Å². The summed E-state index contributed by atoms with van der Waals surface area (Å²) in [5.41, 5.74) is 5.02. The van der Waals surface area contributed by atoms with Gasteiger partial charge in [-0.15, -0.1) is 0 Å². The molecule has 4 nitrogen and oxygen atoms in total. The highest BCUT2D eigenvalue weighted by molar-refractivity contribution is 5.91. The molecular formula is C21H25NO3. The molecule has 0 saturated heterocycles. The minimum Gasteiger partial charge on any atom is -0.452 e. The van der Waals surface area contributed by atoms with Gasteiger partial charge in [0.15, 0.2) is 6.61 Å². The van der Waals surface area contributed by atoms with Crippen LogP contribution in [0.2, 0.25) is 0 Å². The number of benzene rings is 2. The summed E-state index contributed by atoms with van der Waals surface area (Å²) < 4.78 is 5.09. The Morgan fingerprint density at radius 3 is 2.32 bits per heavy atom. The molecule has 0 radical (unpaired) electrons. The Kier molecular flexibility index (Phi) is 6.34. The second-order valence-electron chi connectivity index (χ2n) is 6.26. The van der Waals surface area contributed by atoms with E-state index in [1.165, 1.54) is 11.1 Å². The predicted octanol–water partition coefficient (Wildman–Crippen LogP) is 3.90. The van der Waals surface area contributed by atoms with E-state index in [9.17, 15) is 9.59 Å². The van der Waals surface area contributed by atoms with Crippen LogP contribution >= 0.6 is 0 Å². The molecule has 132 valence electrons. The summed E-state index contributed by atoms with van der Waals surface area (Å²) in [7, 11) is 0. The Labute approximate surface area is 149 Å². The van der Waals surface area contributed by atoms with E-state index < -0.39 is 5.97 Å². The minimum atomic E-state index is -0.489. The van der Waals surface area contributed by atoms with Crippen molar-refractivity contribution in [3.05, 3.63) is 70.3 Å². The van der Waals surface area contributed by atoms with Gasteiger partial charge in [-0.25, -0.2) is 4.79 Å². The number of hydrogen-bond donors (Lipinski definition) is 1. The first-order valence-corrected chi connectivity index (χ1v) is 8.53. The molecule has 0 aliphatic rings. The van der Waals surface area contributed by atoms with Crippen LogP contribution in [0.4, 0.5) is 0 Å². The summed E-state index contributed by atoms with van der Waals surface area (Å²) in [6.45, 7) is 7.76. The van der Waals surface area contributed by atoms with Crippen LogP contribution in [-0.2, 0) is 16.0 Å². The lowest BCUT2D eigenvalue weighted by Gasteiger charge is -2.15. The number of esters is 1. The molecule has 1 amide bonds. The van der Waals surface area contributed by atoms with Crippen molar-refractivity contribution >= 4 is 11.9 Å². The van der Waals surface area contributed by atoms with E-state index in [4.69, 9.17) is 4.74 Å². The van der Waals surface area contributed by atoms with Gasteiger partial charge in [-0.1, -0.05) is 37.3 Å². The molecule has 4 heteroatoms. The molecule has 0 spiro atoms. The number of carbonyl (C=O) groups excluding carboxylic acids is 2. The summed E-state index contributed by atoms with van der Waals surface area (Å²) in [5, 5.41) is 2.85. The first-order valence-electron chi connectivity index (χ1n) is 8.53. The molecule has 2 aromatic carbocycles. The zero-order valence-electron chi connectivity index (χ0n) is 15.3. The zero-order chi connectivity index (χ0) is 18.4. The van der Waals surface area contributed by atoms with Crippen molar-refractivity contribution in [3.8, 4) is 0 Å². The molecular weight excluding hydrogens is 314 g/mol. The number of carbonyl (C=O) groups is 2. The molecule has 0 bridgehead atoms. The van der Waals surface area contributed by atoms with Crippen LogP contribution in [0.5, 0.6) is 0 Å². The number of amides is 1. The number of nitrogens with one attached hydrogen (secondary N) is 1. The van der Waals surface area contributed by atoms with Gasteiger partial charge in [-0.05, 0) is 61.6 Å². The standard InChI is InChI=1S/C21H25NO3/c1-5-17-7-10-18(11-8-17)21(24)25-13-20(23)22-16(4)19-9-6-14(2)15(3)12-19/h6-12,16H,5,13H2,1-4H3,(H,22,23)/t16-/m1/s1. The highest BCUT2D eigenvalue weighted by Gasteiger charge is 2.13. The van der Waals surface area contributed by atoms with Crippen LogP contribution in [0.3, 0.4) is 0 Å². The Balaban J connectivity index is 1.86. The van der Waals surface area contributed by atoms with Gasteiger partial charge in [-0.3, -0.25) is 4.79 Å². The smallest absolute Gasteiger partial charge is 0.338 e. The van der Waals surface area contributed by atoms with E-state index >= 15 is 0 Å². The summed E-state index contributed by atoms with van der Waals surface area (Å²) in [4.78, 5) is 24.0. The first-order chi connectivity index (χ1) is 11.9. The van der Waals surface area contributed by atoms with Crippen LogP contribution in [0.1, 0.15) is 52.5 Å². The van der Waals surface area contributed by atoms with Crippen molar-refractivity contribution in [2.45, 2.75) is 40.2 Å². The molecule has 25 heavy (non-hydrogen) atoms. The van der Waals surface area contributed by atoms with Crippen molar-refractivity contribution < 1.29 is 14.3 Å². The Bertz CT molecular complexity index is 750. The molecule has 1 atom stereocenters. The average Bonchev–Trinajstić information content (AvgIpc) is 2.62. The highest BCUT2D eigenvalue weighted by atomic mass is 16.5.